The van der Waals surface area contributed by atoms with Gasteiger partial charge in [-0.3, -0.25) is 9.88 Å². The number of fused-ring (bicyclic) bond motifs is 1. The number of benzene rings is 1. The standard InChI is InChI=1S/C19H24N2O2/c1-22-17-14-21(11-9-19(17)8-4-12-23-19)13-16-6-2-5-15-7-3-10-20-18(15)16/h2-3,5-7,10,17H,4,8-9,11-14H2,1H3/t17-,19-/m0/s1. The Labute approximate surface area is 137 Å². The van der Waals surface area contributed by atoms with Crippen LogP contribution < -0.4 is 0 Å². The Morgan fingerprint density at radius 1 is 1.30 bits per heavy atom. The fraction of sp³-hybridized carbons (Fsp3) is 0.526. The summed E-state index contributed by atoms with van der Waals surface area (Å²) in [6.45, 7) is 3.79. The molecule has 2 fully saturated rings. The van der Waals surface area contributed by atoms with Crippen molar-refractivity contribution in [1.82, 2.24) is 9.88 Å². The van der Waals surface area contributed by atoms with E-state index in [9.17, 15) is 0 Å². The Hall–Kier alpha value is -1.49. The van der Waals surface area contributed by atoms with E-state index in [0.717, 1.165) is 51.0 Å². The van der Waals surface area contributed by atoms with Crippen LogP contribution in [0, 0.1) is 0 Å². The second-order valence-electron chi connectivity index (χ2n) is 6.72. The highest BCUT2D eigenvalue weighted by molar-refractivity contribution is 5.81. The molecular formula is C19H24N2O2. The number of hydrogen-bond donors (Lipinski definition) is 0. The summed E-state index contributed by atoms with van der Waals surface area (Å²) in [5.41, 5.74) is 2.37. The second-order valence-corrected chi connectivity index (χ2v) is 6.72. The van der Waals surface area contributed by atoms with E-state index >= 15 is 0 Å². The van der Waals surface area contributed by atoms with Crippen LogP contribution in [0.5, 0.6) is 0 Å². The largest absolute Gasteiger partial charge is 0.377 e. The van der Waals surface area contributed by atoms with Gasteiger partial charge in [0.2, 0.25) is 0 Å². The average Bonchev–Trinajstić information content (AvgIpc) is 3.06. The molecule has 2 saturated heterocycles. The topological polar surface area (TPSA) is 34.6 Å². The van der Waals surface area contributed by atoms with E-state index in [0.29, 0.717) is 0 Å². The van der Waals surface area contributed by atoms with E-state index in [2.05, 4.69) is 34.1 Å². The molecule has 0 bridgehead atoms. The van der Waals surface area contributed by atoms with Gasteiger partial charge in [0.1, 0.15) is 0 Å². The molecule has 0 amide bonds. The number of ether oxygens (including phenoxy) is 2. The van der Waals surface area contributed by atoms with Crippen molar-refractivity contribution in [2.24, 2.45) is 0 Å². The van der Waals surface area contributed by atoms with E-state index in [4.69, 9.17) is 9.47 Å². The third-order valence-electron chi connectivity index (χ3n) is 5.39. The zero-order valence-corrected chi connectivity index (χ0v) is 13.7. The van der Waals surface area contributed by atoms with E-state index in [1.54, 1.807) is 0 Å². The summed E-state index contributed by atoms with van der Waals surface area (Å²) in [5.74, 6) is 0. The quantitative estimate of drug-likeness (QED) is 0.872. The van der Waals surface area contributed by atoms with Gasteiger partial charge in [-0.25, -0.2) is 0 Å². The number of piperidine rings is 1. The fourth-order valence-corrected chi connectivity index (χ4v) is 4.14. The average molecular weight is 312 g/mol. The van der Waals surface area contributed by atoms with E-state index in [1.165, 1.54) is 10.9 Å². The van der Waals surface area contributed by atoms with Crippen LogP contribution in [-0.4, -0.2) is 48.4 Å². The Bertz CT molecular complexity index is 677. The van der Waals surface area contributed by atoms with Crippen LogP contribution in [0.2, 0.25) is 0 Å². The molecule has 2 atom stereocenters. The summed E-state index contributed by atoms with van der Waals surface area (Å²) >= 11 is 0. The predicted octanol–water partition coefficient (Wildman–Crippen LogP) is 3.00. The molecule has 23 heavy (non-hydrogen) atoms. The second kappa shape index (κ2) is 6.19. The first-order valence-electron chi connectivity index (χ1n) is 8.52. The SMILES string of the molecule is CO[C@H]1CN(Cc2cccc3cccnc23)CC[C@@]12CCCO2. The van der Waals surface area contributed by atoms with Crippen LogP contribution in [0.25, 0.3) is 10.9 Å². The van der Waals surface area contributed by atoms with Gasteiger partial charge in [0.25, 0.3) is 0 Å². The van der Waals surface area contributed by atoms with Gasteiger partial charge in [0, 0.05) is 44.9 Å². The van der Waals surface area contributed by atoms with Gasteiger partial charge in [-0.1, -0.05) is 24.3 Å². The zero-order chi connectivity index (χ0) is 15.7. The summed E-state index contributed by atoms with van der Waals surface area (Å²) in [7, 11) is 1.82. The first-order chi connectivity index (χ1) is 11.3. The van der Waals surface area contributed by atoms with Crippen LogP contribution in [0.3, 0.4) is 0 Å². The minimum atomic E-state index is -0.0394. The molecule has 2 aliphatic heterocycles. The van der Waals surface area contributed by atoms with Gasteiger partial charge in [-0.05, 0) is 30.9 Å². The molecule has 0 N–H and O–H groups in total. The maximum absolute atomic E-state index is 6.09. The molecule has 1 aromatic carbocycles. The fourth-order valence-electron chi connectivity index (χ4n) is 4.14. The number of aromatic nitrogens is 1. The molecule has 2 aliphatic rings. The monoisotopic (exact) mass is 312 g/mol. The summed E-state index contributed by atoms with van der Waals surface area (Å²) < 4.78 is 11.9. The van der Waals surface area contributed by atoms with Gasteiger partial charge >= 0.3 is 0 Å². The van der Waals surface area contributed by atoms with Crippen LogP contribution in [0.15, 0.2) is 36.5 Å². The first-order valence-corrected chi connectivity index (χ1v) is 8.52. The molecule has 0 unspecified atom stereocenters. The molecule has 0 radical (unpaired) electrons. The van der Waals surface area contributed by atoms with Crippen molar-refractivity contribution >= 4 is 10.9 Å². The normalized spacial score (nSPS) is 28.7. The molecule has 4 heteroatoms. The smallest absolute Gasteiger partial charge is 0.0987 e. The van der Waals surface area contributed by atoms with E-state index in [-0.39, 0.29) is 11.7 Å². The number of para-hydroxylation sites is 1. The lowest BCUT2D eigenvalue weighted by Gasteiger charge is -2.44. The number of likely N-dealkylation sites (tertiary alicyclic amines) is 1. The highest BCUT2D eigenvalue weighted by atomic mass is 16.5. The lowest BCUT2D eigenvalue weighted by atomic mass is 9.85. The van der Waals surface area contributed by atoms with Crippen LogP contribution >= 0.6 is 0 Å². The van der Waals surface area contributed by atoms with Crippen molar-refractivity contribution in [2.45, 2.75) is 37.5 Å². The molecule has 0 aliphatic carbocycles. The summed E-state index contributed by atoms with van der Waals surface area (Å²) in [6.07, 6.45) is 5.40. The van der Waals surface area contributed by atoms with Crippen molar-refractivity contribution in [2.75, 3.05) is 26.8 Å². The molecule has 1 aromatic heterocycles. The van der Waals surface area contributed by atoms with E-state index < -0.39 is 0 Å². The lowest BCUT2D eigenvalue weighted by Crippen LogP contribution is -2.55. The number of rotatable bonds is 3. The summed E-state index contributed by atoms with van der Waals surface area (Å²) in [5, 5.41) is 1.21. The van der Waals surface area contributed by atoms with Gasteiger partial charge in [0.05, 0.1) is 17.2 Å². The van der Waals surface area contributed by atoms with Crippen LogP contribution in [0.1, 0.15) is 24.8 Å². The number of methoxy groups -OCH3 is 1. The lowest BCUT2D eigenvalue weighted by molar-refractivity contribution is -0.143. The minimum absolute atomic E-state index is 0.0394. The number of pyridine rings is 1. The highest BCUT2D eigenvalue weighted by Crippen LogP contribution is 2.37. The molecule has 0 saturated carbocycles. The van der Waals surface area contributed by atoms with Crippen molar-refractivity contribution in [3.63, 3.8) is 0 Å². The third-order valence-corrected chi connectivity index (χ3v) is 5.39. The van der Waals surface area contributed by atoms with Gasteiger partial charge in [-0.2, -0.15) is 0 Å². The molecule has 4 nitrogen and oxygen atoms in total. The Balaban J connectivity index is 1.53. The summed E-state index contributed by atoms with van der Waals surface area (Å²) in [4.78, 5) is 7.05. The third kappa shape index (κ3) is 2.75. The van der Waals surface area contributed by atoms with Crippen molar-refractivity contribution < 1.29 is 9.47 Å². The van der Waals surface area contributed by atoms with Crippen LogP contribution in [-0.2, 0) is 16.0 Å². The maximum Gasteiger partial charge on any atom is 0.0987 e. The molecule has 1 spiro atoms. The van der Waals surface area contributed by atoms with Gasteiger partial charge in [0.15, 0.2) is 0 Å². The van der Waals surface area contributed by atoms with Crippen molar-refractivity contribution in [3.8, 4) is 0 Å². The molecular weight excluding hydrogens is 288 g/mol. The zero-order valence-electron chi connectivity index (χ0n) is 13.7. The summed E-state index contributed by atoms with van der Waals surface area (Å²) in [6, 6.07) is 10.6. The van der Waals surface area contributed by atoms with Gasteiger partial charge < -0.3 is 9.47 Å². The number of hydrogen-bond acceptors (Lipinski definition) is 4. The number of nitrogens with zero attached hydrogens (tertiary/aromatic N) is 2. The predicted molar refractivity (Wildman–Crippen MR) is 90.4 cm³/mol. The maximum atomic E-state index is 6.09. The Kier molecular flexibility index (Phi) is 4.05. The minimum Gasteiger partial charge on any atom is -0.377 e. The van der Waals surface area contributed by atoms with Crippen molar-refractivity contribution in [3.05, 3.63) is 42.1 Å². The van der Waals surface area contributed by atoms with E-state index in [1.807, 2.05) is 19.4 Å². The molecule has 122 valence electrons. The Morgan fingerprint density at radius 2 is 2.22 bits per heavy atom. The van der Waals surface area contributed by atoms with Crippen molar-refractivity contribution in [1.29, 1.82) is 0 Å². The first kappa shape index (κ1) is 15.1. The highest BCUT2D eigenvalue weighted by Gasteiger charge is 2.46. The molecule has 2 aromatic rings. The molecule has 3 heterocycles. The molecule has 4 rings (SSSR count). The Morgan fingerprint density at radius 3 is 3.04 bits per heavy atom. The van der Waals surface area contributed by atoms with Gasteiger partial charge in [-0.15, -0.1) is 0 Å². The van der Waals surface area contributed by atoms with Crippen LogP contribution in [0.4, 0.5) is 0 Å².